The van der Waals surface area contributed by atoms with E-state index in [1.165, 1.54) is 0 Å². The zero-order valence-electron chi connectivity index (χ0n) is 10.6. The summed E-state index contributed by atoms with van der Waals surface area (Å²) in [4.78, 5) is 14.5. The molecule has 20 heavy (non-hydrogen) atoms. The maximum absolute atomic E-state index is 6.04. The number of benzene rings is 1. The van der Waals surface area contributed by atoms with Gasteiger partial charge in [0.25, 0.3) is 0 Å². The lowest BCUT2D eigenvalue weighted by Crippen LogP contribution is -2.21. The van der Waals surface area contributed by atoms with Gasteiger partial charge in [0.05, 0.1) is 5.02 Å². The first-order valence-electron chi connectivity index (χ1n) is 6.31. The zero-order valence-corrected chi connectivity index (χ0v) is 12.1. The molecule has 0 bridgehead atoms. The summed E-state index contributed by atoms with van der Waals surface area (Å²) in [6.07, 6.45) is 2.26. The highest BCUT2D eigenvalue weighted by Gasteiger charge is 2.18. The molecule has 0 saturated carbocycles. The van der Waals surface area contributed by atoms with Crippen LogP contribution in [0.3, 0.4) is 0 Å². The van der Waals surface area contributed by atoms with Crippen LogP contribution in [0.4, 0.5) is 5.95 Å². The molecule has 2 aromatic rings. The molecule has 7 heteroatoms. The number of para-hydroxylation sites is 1. The number of anilines is 1. The molecule has 0 N–H and O–H groups in total. The fraction of sp³-hybridized carbons (Fsp3) is 0.308. The van der Waals surface area contributed by atoms with E-state index in [-0.39, 0.29) is 11.3 Å². The number of aromatic nitrogens is 3. The number of hydrogen-bond donors (Lipinski definition) is 0. The van der Waals surface area contributed by atoms with Crippen molar-refractivity contribution in [2.24, 2.45) is 0 Å². The first kappa shape index (κ1) is 13.4. The molecule has 1 aromatic carbocycles. The summed E-state index contributed by atoms with van der Waals surface area (Å²) in [6.45, 7) is 1.84. The lowest BCUT2D eigenvalue weighted by molar-refractivity contribution is 0.439. The number of rotatable bonds is 3. The molecule has 3 rings (SSSR count). The molecule has 5 nitrogen and oxygen atoms in total. The first-order chi connectivity index (χ1) is 9.72. The summed E-state index contributed by atoms with van der Waals surface area (Å²) in [5.41, 5.74) is 0. The van der Waals surface area contributed by atoms with Crippen LogP contribution in [0.1, 0.15) is 12.8 Å². The van der Waals surface area contributed by atoms with E-state index in [1.807, 2.05) is 12.1 Å². The van der Waals surface area contributed by atoms with Gasteiger partial charge in [0, 0.05) is 13.1 Å². The summed E-state index contributed by atoms with van der Waals surface area (Å²) in [5, 5.41) is 0.607. The topological polar surface area (TPSA) is 51.1 Å². The van der Waals surface area contributed by atoms with E-state index >= 15 is 0 Å². The molecular formula is C13H12Cl2N4O. The van der Waals surface area contributed by atoms with Crippen molar-refractivity contribution in [3.05, 3.63) is 34.6 Å². The van der Waals surface area contributed by atoms with Crippen LogP contribution in [0.5, 0.6) is 11.8 Å². The minimum absolute atomic E-state index is 0.115. The van der Waals surface area contributed by atoms with E-state index in [9.17, 15) is 0 Å². The van der Waals surface area contributed by atoms with Gasteiger partial charge in [-0.1, -0.05) is 23.7 Å². The van der Waals surface area contributed by atoms with Gasteiger partial charge in [-0.3, -0.25) is 0 Å². The molecule has 2 heterocycles. The van der Waals surface area contributed by atoms with Gasteiger partial charge in [0.1, 0.15) is 5.75 Å². The van der Waals surface area contributed by atoms with Gasteiger partial charge < -0.3 is 9.64 Å². The molecular weight excluding hydrogens is 299 g/mol. The van der Waals surface area contributed by atoms with Gasteiger partial charge in [0.2, 0.25) is 11.2 Å². The van der Waals surface area contributed by atoms with Crippen LogP contribution >= 0.6 is 23.2 Å². The molecule has 1 aliphatic heterocycles. The molecule has 0 spiro atoms. The zero-order chi connectivity index (χ0) is 13.9. The van der Waals surface area contributed by atoms with E-state index < -0.39 is 0 Å². The minimum atomic E-state index is 0.115. The highest BCUT2D eigenvalue weighted by atomic mass is 35.5. The average Bonchev–Trinajstić information content (AvgIpc) is 2.95. The average molecular weight is 311 g/mol. The molecule has 0 radical (unpaired) electrons. The largest absolute Gasteiger partial charge is 0.423 e. The molecule has 0 aliphatic carbocycles. The van der Waals surface area contributed by atoms with Crippen molar-refractivity contribution in [1.29, 1.82) is 0 Å². The van der Waals surface area contributed by atoms with Crippen molar-refractivity contribution in [3.63, 3.8) is 0 Å². The molecule has 0 atom stereocenters. The van der Waals surface area contributed by atoms with Gasteiger partial charge in [0.15, 0.2) is 0 Å². The molecule has 1 saturated heterocycles. The first-order valence-corrected chi connectivity index (χ1v) is 7.07. The number of halogens is 2. The van der Waals surface area contributed by atoms with Crippen molar-refractivity contribution < 1.29 is 4.74 Å². The summed E-state index contributed by atoms with van der Waals surface area (Å²) < 4.78 is 5.58. The second-order valence-electron chi connectivity index (χ2n) is 4.41. The smallest absolute Gasteiger partial charge is 0.328 e. The molecule has 0 unspecified atom stereocenters. The van der Waals surface area contributed by atoms with Crippen molar-refractivity contribution in [2.75, 3.05) is 18.0 Å². The van der Waals surface area contributed by atoms with Crippen molar-refractivity contribution >= 4 is 29.2 Å². The number of ether oxygens (including phenoxy) is 1. The second kappa shape index (κ2) is 5.81. The normalized spacial score (nSPS) is 14.6. The Morgan fingerprint density at radius 3 is 2.50 bits per heavy atom. The van der Waals surface area contributed by atoms with Crippen LogP contribution in [0.15, 0.2) is 24.3 Å². The number of hydrogen-bond acceptors (Lipinski definition) is 5. The van der Waals surface area contributed by atoms with Gasteiger partial charge in [-0.2, -0.15) is 15.0 Å². The third-order valence-corrected chi connectivity index (χ3v) is 3.48. The standard InChI is InChI=1S/C13H12Cl2N4O/c14-9-5-1-2-6-10(9)20-13-17-11(15)16-12(18-13)19-7-3-4-8-19/h1-2,5-6H,3-4,7-8H2. The van der Waals surface area contributed by atoms with Crippen molar-refractivity contribution in [2.45, 2.75) is 12.8 Å². The van der Waals surface area contributed by atoms with Crippen LogP contribution in [0.2, 0.25) is 10.3 Å². The summed E-state index contributed by atoms with van der Waals surface area (Å²) in [6, 6.07) is 7.28. The Morgan fingerprint density at radius 2 is 1.75 bits per heavy atom. The SMILES string of the molecule is Clc1nc(Oc2ccccc2Cl)nc(N2CCCC2)n1. The minimum Gasteiger partial charge on any atom is -0.423 e. The maximum atomic E-state index is 6.04. The molecule has 1 aromatic heterocycles. The van der Waals surface area contributed by atoms with Gasteiger partial charge in [-0.15, -0.1) is 0 Å². The van der Waals surface area contributed by atoms with Crippen LogP contribution < -0.4 is 9.64 Å². The Balaban J connectivity index is 1.88. The fourth-order valence-corrected chi connectivity index (χ4v) is 2.37. The molecule has 1 aliphatic rings. The highest BCUT2D eigenvalue weighted by Crippen LogP contribution is 2.28. The van der Waals surface area contributed by atoms with Gasteiger partial charge >= 0.3 is 6.01 Å². The molecule has 1 fully saturated rings. The van der Waals surface area contributed by atoms with Crippen LogP contribution in [-0.4, -0.2) is 28.0 Å². The Morgan fingerprint density at radius 1 is 1.00 bits per heavy atom. The third-order valence-electron chi connectivity index (χ3n) is 3.00. The van der Waals surface area contributed by atoms with E-state index in [1.54, 1.807) is 12.1 Å². The van der Waals surface area contributed by atoms with Crippen LogP contribution in [0, 0.1) is 0 Å². The summed E-state index contributed by atoms with van der Waals surface area (Å²) in [7, 11) is 0. The van der Waals surface area contributed by atoms with E-state index in [0.717, 1.165) is 25.9 Å². The highest BCUT2D eigenvalue weighted by molar-refractivity contribution is 6.32. The Kier molecular flexibility index (Phi) is 3.89. The lowest BCUT2D eigenvalue weighted by atomic mass is 10.3. The van der Waals surface area contributed by atoms with Crippen LogP contribution in [-0.2, 0) is 0 Å². The fourth-order valence-electron chi connectivity index (χ4n) is 2.05. The van der Waals surface area contributed by atoms with E-state index in [0.29, 0.717) is 16.7 Å². The lowest BCUT2D eigenvalue weighted by Gasteiger charge is -2.15. The maximum Gasteiger partial charge on any atom is 0.328 e. The van der Waals surface area contributed by atoms with E-state index in [2.05, 4.69) is 19.9 Å². The third kappa shape index (κ3) is 2.94. The Labute approximate surface area is 126 Å². The monoisotopic (exact) mass is 310 g/mol. The second-order valence-corrected chi connectivity index (χ2v) is 5.16. The quantitative estimate of drug-likeness (QED) is 0.867. The van der Waals surface area contributed by atoms with Crippen molar-refractivity contribution in [3.8, 4) is 11.8 Å². The summed E-state index contributed by atoms with van der Waals surface area (Å²) >= 11 is 12.0. The Bertz CT molecular complexity index is 617. The Hall–Kier alpha value is -1.59. The van der Waals surface area contributed by atoms with Crippen LogP contribution in [0.25, 0.3) is 0 Å². The van der Waals surface area contributed by atoms with Gasteiger partial charge in [-0.05, 0) is 36.6 Å². The van der Waals surface area contributed by atoms with Gasteiger partial charge in [-0.25, -0.2) is 0 Å². The molecule has 0 amide bonds. The number of nitrogens with zero attached hydrogens (tertiary/aromatic N) is 4. The molecule has 104 valence electrons. The predicted octanol–water partition coefficient (Wildman–Crippen LogP) is 3.57. The predicted molar refractivity (Wildman–Crippen MR) is 77.8 cm³/mol. The van der Waals surface area contributed by atoms with E-state index in [4.69, 9.17) is 27.9 Å². The summed E-state index contributed by atoms with van der Waals surface area (Å²) in [5.74, 6) is 1.04. The van der Waals surface area contributed by atoms with Crippen molar-refractivity contribution in [1.82, 2.24) is 15.0 Å².